The molecule has 0 aliphatic rings. The van der Waals surface area contributed by atoms with Crippen LogP contribution in [0.4, 0.5) is 0 Å². The summed E-state index contributed by atoms with van der Waals surface area (Å²) in [7, 11) is 0. The highest BCUT2D eigenvalue weighted by Crippen LogP contribution is 2.13. The molecule has 78 valence electrons. The van der Waals surface area contributed by atoms with Crippen LogP contribution in [0.2, 0.25) is 0 Å². The summed E-state index contributed by atoms with van der Waals surface area (Å²) in [4.78, 5) is 11.9. The van der Waals surface area contributed by atoms with Crippen LogP contribution in [0.1, 0.15) is 0 Å². The number of para-hydroxylation sites is 1. The third kappa shape index (κ3) is 2.07. The number of nitrogens with zero attached hydrogens (tertiary/aromatic N) is 1. The number of benzene rings is 1. The average molecular weight is 426 g/mol. The molecular weight excluding hydrogens is 418 g/mol. The van der Waals surface area contributed by atoms with Gasteiger partial charge in [0.15, 0.2) is 0 Å². The van der Waals surface area contributed by atoms with E-state index in [0.29, 0.717) is 0 Å². The van der Waals surface area contributed by atoms with Crippen LogP contribution in [0.25, 0.3) is 5.69 Å². The van der Waals surface area contributed by atoms with Gasteiger partial charge in [-0.2, -0.15) is 0 Å². The predicted molar refractivity (Wildman–Crippen MR) is 78.9 cm³/mol. The SMILES string of the molecule is C=Ic1[nH]n(-c2ccccc2)c(=O)c1I. The van der Waals surface area contributed by atoms with Gasteiger partial charge in [0.1, 0.15) is 7.27 Å². The molecule has 0 aliphatic heterocycles. The summed E-state index contributed by atoms with van der Waals surface area (Å²) in [6.07, 6.45) is 0. The number of hydrogen-bond acceptors (Lipinski definition) is 1. The zero-order valence-corrected chi connectivity index (χ0v) is 12.0. The van der Waals surface area contributed by atoms with Gasteiger partial charge in [-0.3, -0.25) is 9.89 Å². The van der Waals surface area contributed by atoms with Gasteiger partial charge in [0, 0.05) is 0 Å². The normalized spacial score (nSPS) is 10.5. The molecule has 1 aromatic carbocycles. The second kappa shape index (κ2) is 4.60. The van der Waals surface area contributed by atoms with Gasteiger partial charge in [-0.25, -0.2) is 4.68 Å². The van der Waals surface area contributed by atoms with Gasteiger partial charge in [0.2, 0.25) is 0 Å². The maximum Gasteiger partial charge on any atom is 0.285 e. The Balaban J connectivity index is 2.65. The molecule has 0 spiro atoms. The molecule has 0 unspecified atom stereocenters. The van der Waals surface area contributed by atoms with Crippen LogP contribution >= 0.6 is 43.3 Å². The zero-order valence-electron chi connectivity index (χ0n) is 7.71. The van der Waals surface area contributed by atoms with Crippen LogP contribution in [-0.4, -0.2) is 14.3 Å². The molecule has 1 N–H and O–H groups in total. The Bertz CT molecular complexity index is 542. The summed E-state index contributed by atoms with van der Waals surface area (Å²) in [6.45, 7) is 0. The summed E-state index contributed by atoms with van der Waals surface area (Å²) in [5, 5.41) is 3.10. The molecule has 1 aromatic heterocycles. The van der Waals surface area contributed by atoms with E-state index in [0.717, 1.165) is 13.0 Å². The first-order valence-corrected chi connectivity index (χ1v) is 7.86. The highest BCUT2D eigenvalue weighted by molar-refractivity contribution is 14.2. The molecule has 0 atom stereocenters. The van der Waals surface area contributed by atoms with Crippen LogP contribution in [0, 0.1) is 7.27 Å². The third-order valence-electron chi connectivity index (χ3n) is 1.94. The highest BCUT2D eigenvalue weighted by atomic mass is 127. The zero-order chi connectivity index (χ0) is 10.8. The molecular formula is C10H8I2N2O. The van der Waals surface area contributed by atoms with E-state index in [1.54, 1.807) is 4.68 Å². The van der Waals surface area contributed by atoms with Gasteiger partial charge in [0.25, 0.3) is 5.56 Å². The Morgan fingerprint density at radius 3 is 2.53 bits per heavy atom. The van der Waals surface area contributed by atoms with Crippen molar-refractivity contribution in [1.29, 1.82) is 0 Å². The summed E-state index contributed by atoms with van der Waals surface area (Å²) < 4.78 is 7.21. The molecule has 2 rings (SSSR count). The van der Waals surface area contributed by atoms with E-state index in [4.69, 9.17) is 0 Å². The van der Waals surface area contributed by atoms with Crippen molar-refractivity contribution in [3.63, 3.8) is 0 Å². The van der Waals surface area contributed by atoms with E-state index in [1.807, 2.05) is 30.3 Å². The third-order valence-corrected chi connectivity index (χ3v) is 5.52. The number of aromatic amines is 1. The second-order valence-corrected chi connectivity index (χ2v) is 5.77. The molecule has 0 saturated carbocycles. The largest absolute Gasteiger partial charge is 0.285 e. The minimum atomic E-state index is -0.334. The molecule has 0 saturated heterocycles. The van der Waals surface area contributed by atoms with E-state index in [2.05, 4.69) is 32.2 Å². The lowest BCUT2D eigenvalue weighted by molar-refractivity contribution is 0.840. The monoisotopic (exact) mass is 426 g/mol. The average Bonchev–Trinajstić information content (AvgIpc) is 2.57. The molecule has 2 aromatic rings. The molecule has 0 aliphatic carbocycles. The van der Waals surface area contributed by atoms with Crippen LogP contribution in [0.3, 0.4) is 0 Å². The van der Waals surface area contributed by atoms with E-state index < -0.39 is 0 Å². The van der Waals surface area contributed by atoms with Crippen molar-refractivity contribution in [1.82, 2.24) is 9.78 Å². The number of halogens is 2. The van der Waals surface area contributed by atoms with Gasteiger partial charge in [-0.1, -0.05) is 43.4 Å². The number of hydrogen-bond donors (Lipinski definition) is 1. The van der Waals surface area contributed by atoms with Crippen molar-refractivity contribution < 1.29 is 0 Å². The number of aromatic nitrogens is 2. The first-order valence-electron chi connectivity index (χ1n) is 4.18. The topological polar surface area (TPSA) is 37.8 Å². The van der Waals surface area contributed by atoms with Crippen molar-refractivity contribution >= 4 is 47.8 Å². The Morgan fingerprint density at radius 2 is 2.00 bits per heavy atom. The lowest BCUT2D eigenvalue weighted by Crippen LogP contribution is -2.15. The van der Waals surface area contributed by atoms with Crippen LogP contribution < -0.4 is 5.56 Å². The molecule has 15 heavy (non-hydrogen) atoms. The van der Waals surface area contributed by atoms with Crippen molar-refractivity contribution in [2.45, 2.75) is 0 Å². The first-order chi connectivity index (χ1) is 7.24. The van der Waals surface area contributed by atoms with E-state index in [-0.39, 0.29) is 26.3 Å². The quantitative estimate of drug-likeness (QED) is 0.737. The summed E-state index contributed by atoms with van der Waals surface area (Å²) in [6, 6.07) is 9.55. The predicted octanol–water partition coefficient (Wildman–Crippen LogP) is 2.34. The maximum absolute atomic E-state index is 11.9. The molecule has 0 bridgehead atoms. The summed E-state index contributed by atoms with van der Waals surface area (Å²) in [5.41, 5.74) is 0.879. The van der Waals surface area contributed by atoms with E-state index >= 15 is 0 Å². The lowest BCUT2D eigenvalue weighted by atomic mass is 10.3. The Kier molecular flexibility index (Phi) is 3.39. The van der Waals surface area contributed by atoms with Gasteiger partial charge >= 0.3 is 0 Å². The van der Waals surface area contributed by atoms with Crippen molar-refractivity contribution in [2.75, 3.05) is 0 Å². The molecule has 0 radical (unpaired) electrons. The van der Waals surface area contributed by atoms with Crippen molar-refractivity contribution in [3.8, 4) is 5.69 Å². The summed E-state index contributed by atoms with van der Waals surface area (Å²) in [5.74, 6) is 0. The van der Waals surface area contributed by atoms with Crippen LogP contribution in [0.15, 0.2) is 35.1 Å². The Morgan fingerprint density at radius 1 is 1.33 bits per heavy atom. The first kappa shape index (κ1) is 11.1. The van der Waals surface area contributed by atoms with Gasteiger partial charge in [0.05, 0.1) is 5.69 Å². The molecule has 5 heteroatoms. The van der Waals surface area contributed by atoms with Crippen LogP contribution in [0.5, 0.6) is 0 Å². The van der Waals surface area contributed by atoms with E-state index in [9.17, 15) is 4.79 Å². The fraction of sp³-hybridized carbons (Fsp3) is 0. The molecule has 0 fully saturated rings. The molecule has 1 heterocycles. The highest BCUT2D eigenvalue weighted by Gasteiger charge is 2.09. The Labute approximate surface area is 110 Å². The lowest BCUT2D eigenvalue weighted by Gasteiger charge is -1.99. The van der Waals surface area contributed by atoms with Crippen molar-refractivity contribution in [3.05, 3.63) is 48.0 Å². The maximum atomic E-state index is 11.9. The number of rotatable bonds is 2. The standard InChI is InChI=1S/C10H8I2N2O/c1-12-9-8(11)10(15)14(13-9)7-5-3-2-4-6-7/h2-6,13H,1H2. The van der Waals surface area contributed by atoms with Crippen LogP contribution in [-0.2, 0) is 0 Å². The number of H-pyrrole nitrogens is 1. The van der Waals surface area contributed by atoms with E-state index in [1.165, 1.54) is 0 Å². The smallest absolute Gasteiger partial charge is 0.284 e. The minimum absolute atomic E-state index is 0.0140. The van der Waals surface area contributed by atoms with Crippen molar-refractivity contribution in [2.24, 2.45) is 0 Å². The fourth-order valence-corrected chi connectivity index (χ4v) is 3.54. The Hall–Kier alpha value is -0.440. The minimum Gasteiger partial charge on any atom is -0.284 e. The fourth-order valence-electron chi connectivity index (χ4n) is 1.24. The molecule has 0 amide bonds. The van der Waals surface area contributed by atoms with Gasteiger partial charge in [-0.15, -0.1) is 0 Å². The van der Waals surface area contributed by atoms with Gasteiger partial charge in [-0.05, 0) is 34.7 Å². The van der Waals surface area contributed by atoms with Gasteiger partial charge < -0.3 is 0 Å². The number of nitrogens with one attached hydrogen (secondary N) is 1. The second-order valence-electron chi connectivity index (χ2n) is 2.85. The molecule has 3 nitrogen and oxygen atoms in total. The summed E-state index contributed by atoms with van der Waals surface area (Å²) >= 11 is 1.74.